The monoisotopic (exact) mass is 645 g/mol. The Morgan fingerprint density at radius 3 is 2.07 bits per heavy atom. The highest BCUT2D eigenvalue weighted by Crippen LogP contribution is 2.43. The summed E-state index contributed by atoms with van der Waals surface area (Å²) in [6.45, 7) is 1.09. The van der Waals surface area contributed by atoms with E-state index in [9.17, 15) is 39.9 Å². The summed E-state index contributed by atoms with van der Waals surface area (Å²) in [5, 5.41) is 59.6. The number of aliphatic hydroxyl groups is 4. The highest BCUT2D eigenvalue weighted by molar-refractivity contribution is 5.82. The van der Waals surface area contributed by atoms with Crippen LogP contribution in [-0.4, -0.2) is 159 Å². The number of fused-ring (bicyclic) bond motifs is 2. The van der Waals surface area contributed by atoms with Crippen LogP contribution < -0.4 is 15.7 Å². The molecule has 0 aromatic rings. The van der Waals surface area contributed by atoms with Crippen LogP contribution in [0.4, 0.5) is 0 Å². The molecular formula is C29H47N3O13. The third-order valence-corrected chi connectivity index (χ3v) is 9.29. The summed E-state index contributed by atoms with van der Waals surface area (Å²) < 4.78 is 27.9. The van der Waals surface area contributed by atoms with E-state index in [1.54, 1.807) is 14.1 Å². The summed E-state index contributed by atoms with van der Waals surface area (Å²) in [6.07, 6.45) is -9.72. The Labute approximate surface area is 261 Å². The Balaban J connectivity index is 1.43. The van der Waals surface area contributed by atoms with Crippen molar-refractivity contribution < 1.29 is 68.1 Å². The maximum Gasteiger partial charge on any atom is 0.252 e. The van der Waals surface area contributed by atoms with E-state index in [0.29, 0.717) is 24.9 Å². The average molecular weight is 646 g/mol. The predicted octanol–water partition coefficient (Wildman–Crippen LogP) is -4.41. The number of carbonyl (C=O) groups excluding carboxylic acids is 3. The highest BCUT2D eigenvalue weighted by atomic mass is 16.7. The van der Waals surface area contributed by atoms with Crippen LogP contribution >= 0.6 is 0 Å². The number of quaternary nitrogens is 1. The normalized spacial score (nSPS) is 39.5. The molecule has 7 unspecified atom stereocenters. The van der Waals surface area contributed by atoms with Crippen molar-refractivity contribution >= 4 is 17.8 Å². The summed E-state index contributed by atoms with van der Waals surface area (Å²) in [6, 6.07) is 0. The third kappa shape index (κ3) is 8.38. The first-order valence-electron chi connectivity index (χ1n) is 15.3. The van der Waals surface area contributed by atoms with Gasteiger partial charge in [0.15, 0.2) is 24.8 Å². The molecule has 0 radical (unpaired) electrons. The number of allylic oxidation sites excluding steroid dienone is 2. The van der Waals surface area contributed by atoms with Crippen LogP contribution in [0.25, 0.3) is 0 Å². The summed E-state index contributed by atoms with van der Waals surface area (Å²) in [4.78, 5) is 37.4. The van der Waals surface area contributed by atoms with Crippen LogP contribution in [0.1, 0.15) is 19.3 Å². The van der Waals surface area contributed by atoms with Crippen LogP contribution in [0.3, 0.4) is 0 Å². The lowest BCUT2D eigenvalue weighted by Gasteiger charge is -2.46. The smallest absolute Gasteiger partial charge is 0.252 e. The molecule has 0 aromatic carbocycles. The molecule has 0 aromatic heterocycles. The van der Waals surface area contributed by atoms with Gasteiger partial charge in [0, 0.05) is 33.2 Å². The number of likely N-dealkylation sites (N-methyl/N-ethyl adjacent to an activating group) is 1. The second-order valence-corrected chi connectivity index (χ2v) is 12.9. The quantitative estimate of drug-likeness (QED) is 0.0776. The zero-order valence-corrected chi connectivity index (χ0v) is 26.0. The zero-order valence-electron chi connectivity index (χ0n) is 26.0. The highest BCUT2D eigenvalue weighted by Gasteiger charge is 2.54. The fraction of sp³-hybridized carbons (Fsp3) is 0.828. The molecule has 2 heterocycles. The van der Waals surface area contributed by atoms with Crippen LogP contribution in [0, 0.1) is 17.8 Å². The number of amides is 2. The molecule has 256 valence electrons. The first kappa shape index (κ1) is 35.6. The number of nitrogens with one attached hydrogen (secondary N) is 2. The molecule has 1 saturated carbocycles. The Morgan fingerprint density at radius 1 is 0.844 bits per heavy atom. The topological polar surface area (TPSA) is 225 Å². The van der Waals surface area contributed by atoms with E-state index in [4.69, 9.17) is 23.7 Å². The molecule has 45 heavy (non-hydrogen) atoms. The van der Waals surface area contributed by atoms with Gasteiger partial charge in [-0.05, 0) is 30.6 Å². The summed E-state index contributed by atoms with van der Waals surface area (Å²) in [5.74, 6) is -1.44. The molecule has 6 N–H and O–H groups in total. The van der Waals surface area contributed by atoms with Gasteiger partial charge in [0.2, 0.25) is 0 Å². The van der Waals surface area contributed by atoms with Crippen molar-refractivity contribution in [2.75, 3.05) is 54.5 Å². The van der Waals surface area contributed by atoms with Crippen LogP contribution in [0.2, 0.25) is 0 Å². The van der Waals surface area contributed by atoms with Gasteiger partial charge in [-0.25, -0.2) is 0 Å². The lowest BCUT2D eigenvalue weighted by Crippen LogP contribution is -2.67. The largest absolute Gasteiger partial charge is 0.550 e. The predicted molar refractivity (Wildman–Crippen MR) is 150 cm³/mol. The van der Waals surface area contributed by atoms with Gasteiger partial charge >= 0.3 is 0 Å². The Kier molecular flexibility index (Phi) is 11.9. The van der Waals surface area contributed by atoms with Gasteiger partial charge in [-0.15, -0.1) is 0 Å². The van der Waals surface area contributed by atoms with Gasteiger partial charge in [-0.2, -0.15) is 0 Å². The fourth-order valence-electron chi connectivity index (χ4n) is 6.52. The lowest BCUT2D eigenvalue weighted by atomic mass is 9.93. The van der Waals surface area contributed by atoms with E-state index in [1.165, 1.54) is 14.2 Å². The van der Waals surface area contributed by atoms with E-state index >= 15 is 0 Å². The molecule has 0 spiro atoms. The number of carboxylic acid groups (broad SMARTS) is 1. The van der Waals surface area contributed by atoms with E-state index < -0.39 is 79.2 Å². The number of hydrogen-bond acceptors (Lipinski definition) is 13. The summed E-state index contributed by atoms with van der Waals surface area (Å²) in [7, 11) is 6.03. The number of methoxy groups -OCH3 is 2. The fourth-order valence-corrected chi connectivity index (χ4v) is 6.52. The number of aliphatic hydroxyl groups excluding tert-OH is 4. The van der Waals surface area contributed by atoms with Crippen molar-refractivity contribution in [3.8, 4) is 0 Å². The summed E-state index contributed by atoms with van der Waals surface area (Å²) >= 11 is 0. The molecule has 2 bridgehead atoms. The van der Waals surface area contributed by atoms with Gasteiger partial charge < -0.3 is 69.1 Å². The average Bonchev–Trinajstić information content (AvgIpc) is 3.63. The molecule has 16 heteroatoms. The molecule has 3 fully saturated rings. The van der Waals surface area contributed by atoms with Crippen molar-refractivity contribution in [1.29, 1.82) is 0 Å². The number of aliphatic carboxylic acids is 1. The lowest BCUT2D eigenvalue weighted by molar-refractivity contribution is -0.888. The van der Waals surface area contributed by atoms with Crippen molar-refractivity contribution in [2.24, 2.45) is 17.8 Å². The molecule has 2 aliphatic heterocycles. The zero-order chi connectivity index (χ0) is 33.1. The minimum Gasteiger partial charge on any atom is -0.550 e. The number of carbonyl (C=O) groups is 3. The van der Waals surface area contributed by atoms with Gasteiger partial charge in [0.25, 0.3) is 11.8 Å². The maximum atomic E-state index is 13.4. The molecule has 2 aliphatic carbocycles. The second-order valence-electron chi connectivity index (χ2n) is 12.9. The van der Waals surface area contributed by atoms with Crippen LogP contribution in [0.5, 0.6) is 0 Å². The standard InChI is InChI=1S/C29H47N3O13/c1-32(2,9-7-17(33)34)10-8-30-26(39)24-22(41-3)18(35)21(38)29(45-24)43-23-19(36)20(37)28(42-4)44-25(23)27(40)31-13-16-12-14-5-6-15(16)11-14/h5-6,14-16,18-25,28-29,35-38H,7-13H2,1-4H3,(H2-,30,31,33,34,39,40)/t14?,15?,16?,18-,19-,20-,21-,22+,23+,24?,25?,28?,29?/m1/s1. The van der Waals surface area contributed by atoms with E-state index in [-0.39, 0.29) is 29.9 Å². The number of nitrogens with zero attached hydrogens (tertiary/aromatic N) is 1. The first-order chi connectivity index (χ1) is 21.3. The SMILES string of the molecule is COC1OC(C(=O)NCC2CC3C=CC2C3)[C@@H](OC2OC(C(=O)NCC[N+](C)(C)CCC(=O)[O-])[C@@H](OC)[C@H](O)[C@H]2O)[C@H](O)[C@H]1O. The third-order valence-electron chi connectivity index (χ3n) is 9.29. The first-order valence-corrected chi connectivity index (χ1v) is 15.3. The van der Waals surface area contributed by atoms with Gasteiger partial charge in [0.1, 0.15) is 36.6 Å². The molecule has 4 aliphatic rings. The molecular weight excluding hydrogens is 598 g/mol. The maximum absolute atomic E-state index is 13.4. The minimum absolute atomic E-state index is 0.111. The molecule has 13 atom stereocenters. The second kappa shape index (κ2) is 15.1. The molecule has 4 rings (SSSR count). The van der Waals surface area contributed by atoms with E-state index in [1.807, 2.05) is 0 Å². The Bertz CT molecular complexity index is 1080. The number of carboxylic acids is 1. The minimum atomic E-state index is -1.78. The molecule has 16 nitrogen and oxygen atoms in total. The number of ether oxygens (including phenoxy) is 5. The molecule has 2 saturated heterocycles. The summed E-state index contributed by atoms with van der Waals surface area (Å²) in [5.41, 5.74) is 0. The van der Waals surface area contributed by atoms with Crippen molar-refractivity contribution in [3.05, 3.63) is 12.2 Å². The van der Waals surface area contributed by atoms with Crippen molar-refractivity contribution in [1.82, 2.24) is 10.6 Å². The Morgan fingerprint density at radius 2 is 1.47 bits per heavy atom. The number of rotatable bonds is 14. The number of hydrogen-bond donors (Lipinski definition) is 6. The van der Waals surface area contributed by atoms with Crippen LogP contribution in [-0.2, 0) is 38.1 Å². The van der Waals surface area contributed by atoms with Crippen molar-refractivity contribution in [2.45, 2.75) is 80.7 Å². The van der Waals surface area contributed by atoms with Crippen molar-refractivity contribution in [3.63, 3.8) is 0 Å². The Hall–Kier alpha value is -2.25. The van der Waals surface area contributed by atoms with Gasteiger partial charge in [0.05, 0.1) is 33.7 Å². The molecule has 2 amide bonds. The van der Waals surface area contributed by atoms with Crippen LogP contribution in [0.15, 0.2) is 12.2 Å². The van der Waals surface area contributed by atoms with Gasteiger partial charge in [-0.3, -0.25) is 9.59 Å². The van der Waals surface area contributed by atoms with E-state index in [2.05, 4.69) is 22.8 Å². The van der Waals surface area contributed by atoms with Gasteiger partial charge in [-0.1, -0.05) is 12.2 Å². The van der Waals surface area contributed by atoms with E-state index in [0.717, 1.165) is 12.8 Å².